The van der Waals surface area contributed by atoms with Crippen molar-refractivity contribution in [2.24, 2.45) is 0 Å². The summed E-state index contributed by atoms with van der Waals surface area (Å²) in [5, 5.41) is 6.80. The highest BCUT2D eigenvalue weighted by atomic mass is 31.1. The minimum absolute atomic E-state index is 0.723. The maximum Gasteiger partial charge on any atom is 0.0549 e. The SMILES string of the molecule is c1ccc(P(c2ccccc2)c2ccccc2-n2cccc2P(c2ccccc2)c2ccccc2)cc1. The Morgan fingerprint density at radius 3 is 1.24 bits per heavy atom. The number of hydrogen-bond acceptors (Lipinski definition) is 0. The van der Waals surface area contributed by atoms with Gasteiger partial charge in [-0.25, -0.2) is 0 Å². The van der Waals surface area contributed by atoms with Crippen molar-refractivity contribution in [2.75, 3.05) is 0 Å². The molecule has 0 saturated carbocycles. The number of rotatable bonds is 7. The molecule has 0 unspecified atom stereocenters. The van der Waals surface area contributed by atoms with E-state index in [0.29, 0.717) is 0 Å². The molecular weight excluding hydrogens is 484 g/mol. The van der Waals surface area contributed by atoms with E-state index in [1.807, 2.05) is 0 Å². The summed E-state index contributed by atoms with van der Waals surface area (Å²) in [6, 6.07) is 57.2. The number of para-hydroxylation sites is 1. The van der Waals surface area contributed by atoms with Gasteiger partial charge in [0.15, 0.2) is 0 Å². The molecule has 0 saturated heterocycles. The van der Waals surface area contributed by atoms with Gasteiger partial charge in [-0.15, -0.1) is 0 Å². The van der Waals surface area contributed by atoms with Crippen molar-refractivity contribution in [2.45, 2.75) is 0 Å². The van der Waals surface area contributed by atoms with Crippen LogP contribution in [0.1, 0.15) is 0 Å². The van der Waals surface area contributed by atoms with E-state index >= 15 is 0 Å². The minimum Gasteiger partial charge on any atom is -0.316 e. The van der Waals surface area contributed by atoms with Gasteiger partial charge in [0.1, 0.15) is 0 Å². The van der Waals surface area contributed by atoms with Crippen LogP contribution in [0.4, 0.5) is 0 Å². The smallest absolute Gasteiger partial charge is 0.0549 e. The fraction of sp³-hybridized carbons (Fsp3) is 0. The molecule has 1 heterocycles. The summed E-state index contributed by atoms with van der Waals surface area (Å²) >= 11 is 0. The Morgan fingerprint density at radius 2 is 0.757 bits per heavy atom. The van der Waals surface area contributed by atoms with E-state index < -0.39 is 15.8 Å². The summed E-state index contributed by atoms with van der Waals surface area (Å²) in [6.07, 6.45) is 2.24. The second kappa shape index (κ2) is 11.1. The number of hydrogen-bond donors (Lipinski definition) is 0. The van der Waals surface area contributed by atoms with E-state index in [4.69, 9.17) is 0 Å². The summed E-state index contributed by atoms with van der Waals surface area (Å²) in [4.78, 5) is 0. The molecule has 37 heavy (non-hydrogen) atoms. The van der Waals surface area contributed by atoms with Gasteiger partial charge in [-0.05, 0) is 47.3 Å². The van der Waals surface area contributed by atoms with E-state index in [1.54, 1.807) is 0 Å². The van der Waals surface area contributed by atoms with Gasteiger partial charge in [-0.1, -0.05) is 140 Å². The molecule has 1 aromatic heterocycles. The molecular formula is C34H27NP2. The zero-order valence-corrected chi connectivity index (χ0v) is 22.2. The second-order valence-electron chi connectivity index (χ2n) is 8.74. The standard InChI is InChI=1S/C34H27NP2/c1-5-16-28(17-6-1)36(29-18-7-2-8-19-29)33-25-14-13-24-32(33)35-27-15-26-34(35)37(30-20-9-3-10-21-30)31-22-11-4-12-23-31/h1-27H. The molecule has 6 aromatic rings. The molecule has 0 spiro atoms. The zero-order chi connectivity index (χ0) is 24.9. The lowest BCUT2D eigenvalue weighted by atomic mass is 10.3. The fourth-order valence-electron chi connectivity index (χ4n) is 4.76. The molecule has 1 nitrogen and oxygen atoms in total. The molecule has 178 valence electrons. The topological polar surface area (TPSA) is 4.93 Å². The van der Waals surface area contributed by atoms with Crippen LogP contribution in [0.25, 0.3) is 5.69 Å². The maximum atomic E-state index is 2.43. The highest BCUT2D eigenvalue weighted by Crippen LogP contribution is 2.37. The molecule has 0 atom stereocenters. The fourth-order valence-corrected chi connectivity index (χ4v) is 9.60. The van der Waals surface area contributed by atoms with E-state index in [-0.39, 0.29) is 0 Å². The van der Waals surface area contributed by atoms with Gasteiger partial charge >= 0.3 is 0 Å². The summed E-state index contributed by atoms with van der Waals surface area (Å²) in [7, 11) is -1.45. The van der Waals surface area contributed by atoms with Gasteiger partial charge < -0.3 is 4.57 Å². The number of aromatic nitrogens is 1. The van der Waals surface area contributed by atoms with Crippen molar-refractivity contribution in [3.05, 3.63) is 164 Å². The summed E-state index contributed by atoms with van der Waals surface area (Å²) in [5.74, 6) is 0. The van der Waals surface area contributed by atoms with Crippen LogP contribution in [-0.2, 0) is 0 Å². The molecule has 0 bridgehead atoms. The molecule has 5 aromatic carbocycles. The minimum atomic E-state index is -0.725. The van der Waals surface area contributed by atoms with E-state index in [1.165, 1.54) is 37.6 Å². The Bertz CT molecular complexity index is 1480. The van der Waals surface area contributed by atoms with Crippen LogP contribution in [-0.4, -0.2) is 4.57 Å². The average molecular weight is 512 g/mol. The average Bonchev–Trinajstić information content (AvgIpc) is 3.45. The van der Waals surface area contributed by atoms with Gasteiger partial charge in [0.25, 0.3) is 0 Å². The summed E-state index contributed by atoms with van der Waals surface area (Å²) < 4.78 is 2.43. The van der Waals surface area contributed by atoms with Gasteiger partial charge in [-0.2, -0.15) is 0 Å². The lowest BCUT2D eigenvalue weighted by Crippen LogP contribution is -2.29. The van der Waals surface area contributed by atoms with E-state index in [2.05, 4.69) is 168 Å². The van der Waals surface area contributed by atoms with Crippen molar-refractivity contribution in [1.82, 2.24) is 4.57 Å². The molecule has 0 radical (unpaired) electrons. The van der Waals surface area contributed by atoms with Gasteiger partial charge in [0.05, 0.1) is 11.1 Å². The van der Waals surface area contributed by atoms with E-state index in [0.717, 1.165) is 0 Å². The first-order valence-electron chi connectivity index (χ1n) is 12.5. The zero-order valence-electron chi connectivity index (χ0n) is 20.4. The number of nitrogens with zero attached hydrogens (tertiary/aromatic N) is 1. The van der Waals surface area contributed by atoms with Crippen molar-refractivity contribution in [3.8, 4) is 5.69 Å². The molecule has 0 aliphatic rings. The summed E-state index contributed by atoms with van der Waals surface area (Å²) in [6.45, 7) is 0. The highest BCUT2D eigenvalue weighted by molar-refractivity contribution is 7.80. The normalized spacial score (nSPS) is 11.2. The van der Waals surface area contributed by atoms with Crippen LogP contribution in [0.5, 0.6) is 0 Å². The third-order valence-corrected chi connectivity index (χ3v) is 11.3. The largest absolute Gasteiger partial charge is 0.316 e. The predicted molar refractivity (Wildman–Crippen MR) is 163 cm³/mol. The van der Waals surface area contributed by atoms with Crippen LogP contribution < -0.4 is 32.0 Å². The lowest BCUT2D eigenvalue weighted by molar-refractivity contribution is 1.13. The maximum absolute atomic E-state index is 2.43. The third kappa shape index (κ3) is 4.94. The van der Waals surface area contributed by atoms with Crippen molar-refractivity contribution in [1.29, 1.82) is 0 Å². The van der Waals surface area contributed by atoms with E-state index in [9.17, 15) is 0 Å². The Kier molecular flexibility index (Phi) is 7.09. The molecule has 6 rings (SSSR count). The molecule has 0 N–H and O–H groups in total. The van der Waals surface area contributed by atoms with Crippen LogP contribution in [0.15, 0.2) is 164 Å². The first kappa shape index (κ1) is 23.6. The molecule has 0 amide bonds. The van der Waals surface area contributed by atoms with Crippen LogP contribution >= 0.6 is 15.8 Å². The Balaban J connectivity index is 1.55. The first-order chi connectivity index (χ1) is 18.4. The van der Waals surface area contributed by atoms with Crippen LogP contribution in [0.2, 0.25) is 0 Å². The third-order valence-electron chi connectivity index (χ3n) is 6.40. The number of benzene rings is 5. The van der Waals surface area contributed by atoms with Gasteiger partial charge in [0, 0.05) is 19.4 Å². The second-order valence-corrected chi connectivity index (χ2v) is 13.1. The lowest BCUT2D eigenvalue weighted by Gasteiger charge is -2.26. The van der Waals surface area contributed by atoms with Crippen molar-refractivity contribution < 1.29 is 0 Å². The first-order valence-corrected chi connectivity index (χ1v) is 15.2. The van der Waals surface area contributed by atoms with Crippen LogP contribution in [0, 0.1) is 0 Å². The highest BCUT2D eigenvalue weighted by Gasteiger charge is 2.24. The predicted octanol–water partition coefficient (Wildman–Crippen LogP) is 5.99. The Morgan fingerprint density at radius 1 is 0.351 bits per heavy atom. The Hall–Kier alpha value is -3.76. The van der Waals surface area contributed by atoms with Crippen molar-refractivity contribution >= 4 is 47.8 Å². The Labute approximate surface area is 221 Å². The van der Waals surface area contributed by atoms with Gasteiger partial charge in [0.2, 0.25) is 0 Å². The van der Waals surface area contributed by atoms with Gasteiger partial charge in [-0.3, -0.25) is 0 Å². The molecule has 0 aliphatic heterocycles. The molecule has 0 aliphatic carbocycles. The van der Waals surface area contributed by atoms with Crippen molar-refractivity contribution in [3.63, 3.8) is 0 Å². The molecule has 0 fully saturated rings. The summed E-state index contributed by atoms with van der Waals surface area (Å²) in [5.41, 5.74) is 2.58. The van der Waals surface area contributed by atoms with Crippen LogP contribution in [0.3, 0.4) is 0 Å². The monoisotopic (exact) mass is 511 g/mol. The molecule has 3 heteroatoms. The quantitative estimate of drug-likeness (QED) is 0.232.